The molecule has 0 aliphatic carbocycles. The molecule has 2 heterocycles. The van der Waals surface area contributed by atoms with Gasteiger partial charge < -0.3 is 20.4 Å². The number of hydrogen-bond acceptors (Lipinski definition) is 4. The van der Waals surface area contributed by atoms with Gasteiger partial charge in [-0.15, -0.1) is 0 Å². The van der Waals surface area contributed by atoms with E-state index in [0.717, 1.165) is 16.7 Å². The normalized spacial score (nSPS) is 16.0. The van der Waals surface area contributed by atoms with Crippen LogP contribution in [0.4, 0.5) is 23.2 Å². The number of hydrogen-bond donors (Lipinski definition) is 2. The van der Waals surface area contributed by atoms with Crippen molar-refractivity contribution >= 4 is 29.1 Å². The Morgan fingerprint density at radius 1 is 1.18 bits per heavy atom. The van der Waals surface area contributed by atoms with E-state index in [-0.39, 0.29) is 39.3 Å². The molecule has 7 nitrogen and oxygen atoms in total. The van der Waals surface area contributed by atoms with Gasteiger partial charge in [-0.25, -0.2) is 4.39 Å². The van der Waals surface area contributed by atoms with Gasteiger partial charge in [0.2, 0.25) is 11.8 Å². The maximum atomic E-state index is 15.1. The molecule has 0 saturated carbocycles. The standard InChI is InChI=1S/C26H22ClF4N3O4/c1-2-19(25(37)33-16-6-3-13(4-7-16)24(32)36)34-11-15-12-38-20(26(29,30)31)9-14-5-8-18(27)23(28)22(14)17(15)10-21(34)35/h3-8,10-11,19-20H,2,9,12H2,1H3,(H2,32,36)(H,33,37)/t19-,20-/m0/s1. The minimum absolute atomic E-state index is 0.0171. The molecule has 38 heavy (non-hydrogen) atoms. The van der Waals surface area contributed by atoms with Crippen LogP contribution in [0.1, 0.15) is 40.9 Å². The van der Waals surface area contributed by atoms with Gasteiger partial charge in [0.15, 0.2) is 6.10 Å². The summed E-state index contributed by atoms with van der Waals surface area (Å²) >= 11 is 5.93. The second kappa shape index (κ2) is 10.6. The number of aromatic nitrogens is 1. The SMILES string of the molecule is CC[C@@H](C(=O)Nc1ccc(C(N)=O)cc1)n1cc2c(cc1=O)-c1c(ccc(Cl)c1F)C[C@@H](C(F)(F)F)OC2. The first kappa shape index (κ1) is 27.3. The van der Waals surface area contributed by atoms with E-state index in [0.29, 0.717) is 5.69 Å². The van der Waals surface area contributed by atoms with Gasteiger partial charge in [-0.05, 0) is 47.9 Å². The fourth-order valence-electron chi connectivity index (χ4n) is 4.35. The van der Waals surface area contributed by atoms with E-state index in [1.165, 1.54) is 36.5 Å². The predicted molar refractivity (Wildman–Crippen MR) is 132 cm³/mol. The van der Waals surface area contributed by atoms with Gasteiger partial charge in [-0.3, -0.25) is 14.4 Å². The average molecular weight is 552 g/mol. The summed E-state index contributed by atoms with van der Waals surface area (Å²) in [6, 6.07) is 8.20. The van der Waals surface area contributed by atoms with Gasteiger partial charge in [0.25, 0.3) is 5.56 Å². The van der Waals surface area contributed by atoms with Crippen molar-refractivity contribution in [2.75, 3.05) is 5.32 Å². The zero-order valence-electron chi connectivity index (χ0n) is 19.9. The Morgan fingerprint density at radius 3 is 2.47 bits per heavy atom. The number of nitrogens with one attached hydrogen (secondary N) is 1. The van der Waals surface area contributed by atoms with Crippen molar-refractivity contribution in [1.82, 2.24) is 4.57 Å². The van der Waals surface area contributed by atoms with Crippen LogP contribution < -0.4 is 16.6 Å². The number of carbonyl (C=O) groups excluding carboxylic acids is 2. The summed E-state index contributed by atoms with van der Waals surface area (Å²) in [5.74, 6) is -2.18. The molecule has 3 aromatic rings. The molecule has 0 spiro atoms. The molecule has 0 fully saturated rings. The third-order valence-corrected chi connectivity index (χ3v) is 6.58. The molecule has 1 aliphatic heterocycles. The second-order valence-electron chi connectivity index (χ2n) is 8.75. The Bertz CT molecular complexity index is 1450. The van der Waals surface area contributed by atoms with Gasteiger partial charge in [0.1, 0.15) is 11.9 Å². The van der Waals surface area contributed by atoms with Gasteiger partial charge in [0, 0.05) is 41.1 Å². The number of fused-ring (bicyclic) bond motifs is 3. The third kappa shape index (κ3) is 5.44. The number of alkyl halides is 3. The summed E-state index contributed by atoms with van der Waals surface area (Å²) in [6.07, 6.45) is -6.25. The number of ether oxygens (including phenoxy) is 1. The Hall–Kier alpha value is -3.70. The molecule has 2 amide bonds. The lowest BCUT2D eigenvalue weighted by Crippen LogP contribution is -2.36. The summed E-state index contributed by atoms with van der Waals surface area (Å²) in [4.78, 5) is 37.5. The van der Waals surface area contributed by atoms with E-state index in [1.807, 2.05) is 0 Å². The van der Waals surface area contributed by atoms with Crippen LogP contribution in [0, 0.1) is 5.82 Å². The van der Waals surface area contributed by atoms with Crippen molar-refractivity contribution in [3.8, 4) is 11.1 Å². The highest BCUT2D eigenvalue weighted by molar-refractivity contribution is 6.31. The van der Waals surface area contributed by atoms with Crippen LogP contribution in [-0.4, -0.2) is 28.7 Å². The van der Waals surface area contributed by atoms with E-state index in [2.05, 4.69) is 5.32 Å². The molecule has 3 N–H and O–H groups in total. The molecule has 200 valence electrons. The first-order valence-corrected chi connectivity index (χ1v) is 11.9. The fourth-order valence-corrected chi connectivity index (χ4v) is 4.50. The quantitative estimate of drug-likeness (QED) is 0.436. The van der Waals surface area contributed by atoms with E-state index in [9.17, 15) is 27.6 Å². The molecule has 0 bridgehead atoms. The summed E-state index contributed by atoms with van der Waals surface area (Å²) in [6.45, 7) is 1.06. The van der Waals surface area contributed by atoms with Crippen LogP contribution in [0.5, 0.6) is 0 Å². The third-order valence-electron chi connectivity index (χ3n) is 6.29. The molecule has 2 atom stereocenters. The molecular formula is C26H22ClF4N3O4. The first-order chi connectivity index (χ1) is 17.9. The first-order valence-electron chi connectivity index (χ1n) is 11.5. The van der Waals surface area contributed by atoms with Crippen molar-refractivity contribution in [1.29, 1.82) is 0 Å². The Kier molecular flexibility index (Phi) is 7.61. The lowest BCUT2D eigenvalue weighted by molar-refractivity contribution is -0.223. The van der Waals surface area contributed by atoms with E-state index >= 15 is 4.39 Å². The predicted octanol–water partition coefficient (Wildman–Crippen LogP) is 5.00. The molecule has 4 rings (SSSR count). The van der Waals surface area contributed by atoms with Crippen molar-refractivity contribution in [2.24, 2.45) is 5.73 Å². The zero-order chi connectivity index (χ0) is 27.8. The van der Waals surface area contributed by atoms with E-state index in [1.54, 1.807) is 6.92 Å². The van der Waals surface area contributed by atoms with Crippen LogP contribution in [0.15, 0.2) is 53.5 Å². The van der Waals surface area contributed by atoms with Crippen molar-refractivity contribution < 1.29 is 31.9 Å². The second-order valence-corrected chi connectivity index (χ2v) is 9.16. The highest BCUT2D eigenvalue weighted by Gasteiger charge is 2.42. The van der Waals surface area contributed by atoms with Gasteiger partial charge in [-0.2, -0.15) is 13.2 Å². The molecular weight excluding hydrogens is 530 g/mol. The summed E-state index contributed by atoms with van der Waals surface area (Å²) in [7, 11) is 0. The van der Waals surface area contributed by atoms with Crippen LogP contribution in [0.3, 0.4) is 0 Å². The number of nitrogens with zero attached hydrogens (tertiary/aromatic N) is 1. The van der Waals surface area contributed by atoms with Crippen molar-refractivity contribution in [3.05, 3.63) is 86.5 Å². The highest BCUT2D eigenvalue weighted by Crippen LogP contribution is 2.38. The molecule has 2 aromatic carbocycles. The highest BCUT2D eigenvalue weighted by atomic mass is 35.5. The molecule has 0 radical (unpaired) electrons. The Balaban J connectivity index is 1.76. The largest absolute Gasteiger partial charge is 0.414 e. The molecule has 0 saturated heterocycles. The van der Waals surface area contributed by atoms with Crippen LogP contribution >= 0.6 is 11.6 Å². The number of pyridine rings is 1. The fraction of sp³-hybridized carbons (Fsp3) is 0.269. The minimum Gasteiger partial charge on any atom is -0.366 e. The molecule has 1 aromatic heterocycles. The maximum absolute atomic E-state index is 15.1. The monoisotopic (exact) mass is 551 g/mol. The van der Waals surface area contributed by atoms with Crippen LogP contribution in [-0.2, 0) is 22.6 Å². The smallest absolute Gasteiger partial charge is 0.366 e. The topological polar surface area (TPSA) is 103 Å². The zero-order valence-corrected chi connectivity index (χ0v) is 20.7. The number of primary amides is 1. The molecule has 1 aliphatic rings. The number of rotatable bonds is 5. The summed E-state index contributed by atoms with van der Waals surface area (Å²) in [5, 5.41) is 2.33. The average Bonchev–Trinajstić information content (AvgIpc) is 2.84. The van der Waals surface area contributed by atoms with E-state index in [4.69, 9.17) is 22.1 Å². The lowest BCUT2D eigenvalue weighted by Gasteiger charge is -2.27. The minimum atomic E-state index is -4.73. The van der Waals surface area contributed by atoms with E-state index < -0.39 is 54.5 Å². The molecule has 12 heteroatoms. The Labute approximate surface area is 219 Å². The van der Waals surface area contributed by atoms with Crippen LogP contribution in [0.2, 0.25) is 5.02 Å². The number of carbonyl (C=O) groups is 2. The molecule has 0 unspecified atom stereocenters. The maximum Gasteiger partial charge on any atom is 0.414 e. The summed E-state index contributed by atoms with van der Waals surface area (Å²) < 4.78 is 62.3. The number of nitrogens with two attached hydrogens (primary N) is 1. The Morgan fingerprint density at radius 2 is 1.87 bits per heavy atom. The number of halogens is 5. The number of anilines is 1. The number of benzene rings is 2. The van der Waals surface area contributed by atoms with Crippen LogP contribution in [0.25, 0.3) is 11.1 Å². The number of amides is 2. The van der Waals surface area contributed by atoms with Gasteiger partial charge >= 0.3 is 6.18 Å². The van der Waals surface area contributed by atoms with Gasteiger partial charge in [0.05, 0.1) is 11.6 Å². The van der Waals surface area contributed by atoms with Gasteiger partial charge in [-0.1, -0.05) is 24.6 Å². The van der Waals surface area contributed by atoms with Crippen molar-refractivity contribution in [3.63, 3.8) is 0 Å². The summed E-state index contributed by atoms with van der Waals surface area (Å²) in [5.41, 5.74) is 5.01. The van der Waals surface area contributed by atoms with Crippen molar-refractivity contribution in [2.45, 2.75) is 44.7 Å². The lowest BCUT2D eigenvalue weighted by atomic mass is 9.91.